The summed E-state index contributed by atoms with van der Waals surface area (Å²) in [4.78, 5) is 11.1. The Balaban J connectivity index is 2.75. The maximum Gasteiger partial charge on any atom is 0.397 e. The van der Waals surface area contributed by atoms with Gasteiger partial charge < -0.3 is 25.7 Å². The lowest BCUT2D eigenvalue weighted by Crippen LogP contribution is -2.44. The molecule has 0 aromatic rings. The van der Waals surface area contributed by atoms with Crippen LogP contribution >= 0.6 is 0 Å². The van der Waals surface area contributed by atoms with Gasteiger partial charge in [-0.25, -0.2) is 4.18 Å². The summed E-state index contributed by atoms with van der Waals surface area (Å²) in [5.74, 6) is -0.133. The van der Waals surface area contributed by atoms with Crippen molar-refractivity contribution < 1.29 is 42.4 Å². The highest BCUT2D eigenvalue weighted by Crippen LogP contribution is 2.25. The quantitative estimate of drug-likeness (QED) is 0.185. The molecule has 0 aromatic carbocycles. The first kappa shape index (κ1) is 20.6. The minimum atomic E-state index is -4.84. The van der Waals surface area contributed by atoms with Crippen LogP contribution in [0, 0.1) is 0 Å². The first-order valence-electron chi connectivity index (χ1n) is 6.76. The van der Waals surface area contributed by atoms with Crippen molar-refractivity contribution in [2.45, 2.75) is 36.5 Å². The van der Waals surface area contributed by atoms with Crippen molar-refractivity contribution >= 4 is 27.2 Å². The lowest BCUT2D eigenvalue weighted by molar-refractivity contribution is -0.120. The van der Waals surface area contributed by atoms with Crippen LogP contribution in [-0.4, -0.2) is 93.6 Å². The second-order valence-electron chi connectivity index (χ2n) is 5.20. The Hall–Kier alpha value is -0.470. The van der Waals surface area contributed by atoms with Crippen molar-refractivity contribution in [1.29, 1.82) is 0 Å². The van der Waals surface area contributed by atoms with Crippen LogP contribution in [0.3, 0.4) is 0 Å². The zero-order chi connectivity index (χ0) is 17.8. The molecule has 1 aliphatic rings. The Morgan fingerprint density at radius 3 is 2.48 bits per heavy atom. The maximum atomic E-state index is 11.1. The van der Waals surface area contributed by atoms with E-state index in [2.05, 4.69) is 9.50 Å². The van der Waals surface area contributed by atoms with Crippen molar-refractivity contribution in [2.75, 3.05) is 24.7 Å². The summed E-state index contributed by atoms with van der Waals surface area (Å²) in [7, 11) is -5.60. The van der Waals surface area contributed by atoms with Gasteiger partial charge >= 0.3 is 10.4 Å². The minimum Gasteiger partial charge on any atom is -0.394 e. The third-order valence-electron chi connectivity index (χ3n) is 3.42. The molecule has 1 amide bonds. The third-order valence-corrected chi connectivity index (χ3v) is 6.75. The Bertz CT molecular complexity index is 500. The molecule has 1 heterocycles. The van der Waals surface area contributed by atoms with Crippen LogP contribution in [0.1, 0.15) is 6.92 Å². The average Bonchev–Trinajstić information content (AvgIpc) is 2.70. The first-order valence-corrected chi connectivity index (χ1v) is 9.75. The van der Waals surface area contributed by atoms with Crippen LogP contribution in [0.2, 0.25) is 0 Å². The van der Waals surface area contributed by atoms with E-state index in [-0.39, 0.29) is 24.0 Å². The first-order chi connectivity index (χ1) is 10.6. The van der Waals surface area contributed by atoms with Crippen LogP contribution in [0.5, 0.6) is 0 Å². The van der Waals surface area contributed by atoms with Gasteiger partial charge in [0.2, 0.25) is 5.91 Å². The number of carbonyl (C=O) groups excluding carboxylic acids is 1. The van der Waals surface area contributed by atoms with E-state index in [1.807, 2.05) is 0 Å². The van der Waals surface area contributed by atoms with E-state index in [4.69, 9.17) is 9.66 Å². The minimum absolute atomic E-state index is 0.0703. The molecule has 23 heavy (non-hydrogen) atoms. The van der Waals surface area contributed by atoms with E-state index in [1.54, 1.807) is 0 Å². The number of nitrogens with one attached hydrogen (secondary N) is 1. The third kappa shape index (κ3) is 6.15. The van der Waals surface area contributed by atoms with E-state index < -0.39 is 57.5 Å². The van der Waals surface area contributed by atoms with Crippen molar-refractivity contribution in [1.82, 2.24) is 5.32 Å². The highest BCUT2D eigenvalue weighted by atomic mass is 32.3. The molecule has 136 valence electrons. The Morgan fingerprint density at radius 1 is 1.43 bits per heavy atom. The largest absolute Gasteiger partial charge is 0.397 e. The fraction of sp³-hybridized carbons (Fsp3) is 0.909. The lowest BCUT2D eigenvalue weighted by Gasteiger charge is -2.20. The summed E-state index contributed by atoms with van der Waals surface area (Å²) in [6, 6.07) is -0.588. The molecule has 6 atom stereocenters. The number of hydrogen-bond acceptors (Lipinski definition) is 8. The van der Waals surface area contributed by atoms with E-state index in [1.165, 1.54) is 6.92 Å². The van der Waals surface area contributed by atoms with Gasteiger partial charge in [-0.2, -0.15) is 8.42 Å². The topological polar surface area (TPSA) is 174 Å². The van der Waals surface area contributed by atoms with E-state index in [0.29, 0.717) is 0 Å². The van der Waals surface area contributed by atoms with Gasteiger partial charge in [0.1, 0.15) is 35.9 Å². The van der Waals surface area contributed by atoms with E-state index in [0.717, 1.165) is 0 Å². The van der Waals surface area contributed by atoms with Gasteiger partial charge in [-0.3, -0.25) is 9.35 Å². The zero-order valence-electron chi connectivity index (χ0n) is 12.4. The van der Waals surface area contributed by atoms with Crippen LogP contribution in [-0.2, 0) is 30.3 Å². The summed E-state index contributed by atoms with van der Waals surface area (Å²) in [6.45, 7) is 0.0589. The molecule has 1 aliphatic heterocycles. The molecule has 0 spiro atoms. The zero-order valence-corrected chi connectivity index (χ0v) is 14.0. The second-order valence-corrected chi connectivity index (χ2v) is 8.60. The number of rotatable bonds is 8. The number of hydrogen-bond donors (Lipinski definition) is 6. The fourth-order valence-electron chi connectivity index (χ4n) is 2.40. The predicted molar refractivity (Wildman–Crippen MR) is 81.1 cm³/mol. The Morgan fingerprint density at radius 2 is 2.04 bits per heavy atom. The van der Waals surface area contributed by atoms with E-state index >= 15 is 0 Å². The second kappa shape index (κ2) is 8.58. The monoisotopic (exact) mass is 376 g/mol. The summed E-state index contributed by atoms with van der Waals surface area (Å²) in [5, 5.41) is 40.5. The van der Waals surface area contributed by atoms with Crippen LogP contribution in [0.4, 0.5) is 0 Å². The fourth-order valence-corrected chi connectivity index (χ4v) is 5.72. The van der Waals surface area contributed by atoms with Gasteiger partial charge in [-0.15, -0.1) is 0 Å². The molecule has 10 nitrogen and oxygen atoms in total. The highest BCUT2D eigenvalue weighted by molar-refractivity contribution is 7.97. The average molecular weight is 376 g/mol. The van der Waals surface area contributed by atoms with Gasteiger partial charge in [-0.1, -0.05) is 0 Å². The highest BCUT2D eigenvalue weighted by Gasteiger charge is 2.51. The summed E-state index contributed by atoms with van der Waals surface area (Å²) >= 11 is 0. The molecule has 12 heteroatoms. The van der Waals surface area contributed by atoms with Crippen LogP contribution < -0.4 is 5.32 Å². The SMILES string of the molecule is CC(=O)N[C@@H]1C[S+](C[C@@H](O)[C@H](CO)OS(=O)(=O)O)[C@H](CO)[C@H]1O. The molecule has 0 aliphatic carbocycles. The van der Waals surface area contributed by atoms with Crippen molar-refractivity contribution in [3.8, 4) is 0 Å². The molecule has 1 unspecified atom stereocenters. The number of aliphatic hydroxyl groups excluding tert-OH is 4. The van der Waals surface area contributed by atoms with Crippen molar-refractivity contribution in [2.24, 2.45) is 0 Å². The molecule has 1 rings (SSSR count). The number of aliphatic hydroxyl groups is 4. The van der Waals surface area contributed by atoms with Gasteiger partial charge in [-0.05, 0) is 0 Å². The van der Waals surface area contributed by atoms with Gasteiger partial charge in [0.25, 0.3) is 0 Å². The molecule has 6 N–H and O–H groups in total. The normalized spacial score (nSPS) is 30.9. The molecular formula is C11H22NO9S2+. The maximum absolute atomic E-state index is 11.1. The molecule has 0 saturated carbocycles. The lowest BCUT2D eigenvalue weighted by atomic mass is 10.1. The molecule has 1 saturated heterocycles. The molecule has 0 aromatic heterocycles. The van der Waals surface area contributed by atoms with Gasteiger partial charge in [0.15, 0.2) is 5.25 Å². The molecular weight excluding hydrogens is 354 g/mol. The standard InChI is InChI=1S/C11H21NO9S2/c1-6(15)12-7-4-22(10(3-14)11(7)17)5-8(16)9(2-13)21-23(18,19)20/h7-11,13-14,16-17H,2-5H2,1H3,(H-,12,15,18,19,20)/p+1/t7-,8-,9+,10-,11+,22?/m1/s1. The molecule has 0 radical (unpaired) electrons. The summed E-state index contributed by atoms with van der Waals surface area (Å²) in [5.41, 5.74) is 0. The van der Waals surface area contributed by atoms with Crippen LogP contribution in [0.15, 0.2) is 0 Å². The Kier molecular flexibility index (Phi) is 7.67. The molecule has 0 bridgehead atoms. The number of amides is 1. The smallest absolute Gasteiger partial charge is 0.394 e. The van der Waals surface area contributed by atoms with Crippen LogP contribution in [0.25, 0.3) is 0 Å². The van der Waals surface area contributed by atoms with E-state index in [9.17, 15) is 28.5 Å². The Labute approximate surface area is 136 Å². The van der Waals surface area contributed by atoms with Gasteiger partial charge in [0.05, 0.1) is 13.2 Å². The molecule has 1 fully saturated rings. The van der Waals surface area contributed by atoms with Crippen molar-refractivity contribution in [3.63, 3.8) is 0 Å². The van der Waals surface area contributed by atoms with Crippen molar-refractivity contribution in [3.05, 3.63) is 0 Å². The van der Waals surface area contributed by atoms with Gasteiger partial charge in [0, 0.05) is 17.8 Å². The summed E-state index contributed by atoms with van der Waals surface area (Å²) in [6.07, 6.45) is -4.01. The number of carbonyl (C=O) groups is 1. The summed E-state index contributed by atoms with van der Waals surface area (Å²) < 4.78 is 34.1. The predicted octanol–water partition coefficient (Wildman–Crippen LogP) is -3.61.